The highest BCUT2D eigenvalue weighted by Gasteiger charge is 2.49. The highest BCUT2D eigenvalue weighted by atomic mass is 16.5. The Morgan fingerprint density at radius 3 is 2.16 bits per heavy atom. The number of likely N-dealkylation sites (N-methyl/N-ethyl adjacent to an activating group) is 2. The van der Waals surface area contributed by atoms with E-state index in [0.29, 0.717) is 37.2 Å². The quantitative estimate of drug-likeness (QED) is 0.142. The van der Waals surface area contributed by atoms with Crippen LogP contribution in [0.15, 0.2) is 54.6 Å². The number of methoxy groups -OCH3 is 2. The molecule has 14 nitrogen and oxygen atoms in total. The molecule has 14 heteroatoms. The summed E-state index contributed by atoms with van der Waals surface area (Å²) in [4.78, 5) is 76.0. The monoisotopic (exact) mass is 860 g/mol. The summed E-state index contributed by atoms with van der Waals surface area (Å²) in [5.41, 5.74) is 8.17. The lowest BCUT2D eigenvalue weighted by atomic mass is 9.89. The van der Waals surface area contributed by atoms with Gasteiger partial charge in [0.05, 0.1) is 42.7 Å². The van der Waals surface area contributed by atoms with Crippen LogP contribution in [-0.4, -0.2) is 128 Å². The van der Waals surface area contributed by atoms with Gasteiger partial charge in [0.1, 0.15) is 12.1 Å². The zero-order valence-electron chi connectivity index (χ0n) is 38.5. The summed E-state index contributed by atoms with van der Waals surface area (Å²) in [5.74, 6) is -1.79. The number of nitrogens with two attached hydrogens (primary N) is 1. The molecule has 1 saturated carbocycles. The molecule has 2 saturated heterocycles. The van der Waals surface area contributed by atoms with Gasteiger partial charge in [0.2, 0.25) is 29.5 Å². The molecular formula is C48H73N7O7. The summed E-state index contributed by atoms with van der Waals surface area (Å²) < 4.78 is 12.1. The number of piperidine rings is 1. The fraction of sp³-hybridized carbons (Fsp3) is 0.646. The number of amides is 5. The second-order valence-electron chi connectivity index (χ2n) is 18.3. The molecular weight excluding hydrogens is 787 g/mol. The molecule has 5 amide bonds. The molecule has 2 aliphatic heterocycles. The lowest BCUT2D eigenvalue weighted by Gasteiger charge is -2.41. The van der Waals surface area contributed by atoms with Crippen LogP contribution in [0.1, 0.15) is 90.7 Å². The maximum Gasteiger partial charge on any atom is 0.247 e. The van der Waals surface area contributed by atoms with Gasteiger partial charge >= 0.3 is 0 Å². The summed E-state index contributed by atoms with van der Waals surface area (Å²) in [6.07, 6.45) is 4.23. The first kappa shape index (κ1) is 48.7. The lowest BCUT2D eigenvalue weighted by molar-refractivity contribution is -0.148. The third-order valence-corrected chi connectivity index (χ3v) is 14.0. The van der Waals surface area contributed by atoms with E-state index in [9.17, 15) is 24.0 Å². The second-order valence-corrected chi connectivity index (χ2v) is 18.3. The van der Waals surface area contributed by atoms with Gasteiger partial charge in [-0.25, -0.2) is 0 Å². The fourth-order valence-corrected chi connectivity index (χ4v) is 10.2. The van der Waals surface area contributed by atoms with Crippen LogP contribution in [0.25, 0.3) is 0 Å². The van der Waals surface area contributed by atoms with Crippen LogP contribution in [-0.2, 0) is 46.4 Å². The third kappa shape index (κ3) is 11.4. The van der Waals surface area contributed by atoms with Crippen LogP contribution in [0, 0.1) is 23.7 Å². The van der Waals surface area contributed by atoms with Crippen LogP contribution in [0.2, 0.25) is 0 Å². The van der Waals surface area contributed by atoms with E-state index >= 15 is 0 Å². The maximum atomic E-state index is 14.4. The van der Waals surface area contributed by atoms with E-state index in [2.05, 4.69) is 34.7 Å². The van der Waals surface area contributed by atoms with Gasteiger partial charge in [0.15, 0.2) is 0 Å². The van der Waals surface area contributed by atoms with Crippen molar-refractivity contribution in [2.75, 3.05) is 40.2 Å². The standard InChI is InChI=1S/C48H73N7O7/c1-10-30(4)42(54(7)48(60)41(29(2)3)52-47(59)43-34-20-23-36(26-34)53(43)6)39(61-8)27-40(56)55-24-14-17-38(55)44(62-9)31(5)45(57)51-37(25-32-15-12-11-13-16-32)46(58)50-35-21-18-33(28-49)19-22-35/h11-13,15-16,18-19,21-22,29-31,34,36-39,41-44H,10,14,17,20,23-28,49H2,1-9H3,(H,50,58)(H,51,57)(H,52,59)/t30-,31+,34-,36+,37-,38-,39-,41-,42-,43-,44+/m0/s1. The number of ether oxygens (including phenoxy) is 2. The Labute approximate surface area is 369 Å². The number of benzene rings is 2. The molecule has 62 heavy (non-hydrogen) atoms. The van der Waals surface area contributed by atoms with Gasteiger partial charge in [-0.3, -0.25) is 28.9 Å². The van der Waals surface area contributed by atoms with E-state index < -0.39 is 42.3 Å². The number of hydrogen-bond acceptors (Lipinski definition) is 9. The Balaban J connectivity index is 1.27. The molecule has 2 aromatic rings. The summed E-state index contributed by atoms with van der Waals surface area (Å²) in [5, 5.41) is 9.08. The smallest absolute Gasteiger partial charge is 0.247 e. The normalized spacial score (nSPS) is 23.2. The Morgan fingerprint density at radius 2 is 1.58 bits per heavy atom. The zero-order chi connectivity index (χ0) is 45.2. The first-order valence-corrected chi connectivity index (χ1v) is 22.7. The number of anilines is 1. The van der Waals surface area contributed by atoms with Crippen molar-refractivity contribution in [3.05, 3.63) is 65.7 Å². The molecule has 2 bridgehead atoms. The highest BCUT2D eigenvalue weighted by molar-refractivity contribution is 5.97. The van der Waals surface area contributed by atoms with Crippen molar-refractivity contribution >= 4 is 35.2 Å². The summed E-state index contributed by atoms with van der Waals surface area (Å²) in [6, 6.07) is 14.5. The van der Waals surface area contributed by atoms with Crippen LogP contribution in [0.5, 0.6) is 0 Å². The predicted octanol–water partition coefficient (Wildman–Crippen LogP) is 4.36. The van der Waals surface area contributed by atoms with Crippen molar-refractivity contribution in [1.29, 1.82) is 0 Å². The molecule has 342 valence electrons. The lowest BCUT2D eigenvalue weighted by Crippen LogP contribution is -2.60. The van der Waals surface area contributed by atoms with Crippen LogP contribution in [0.3, 0.4) is 0 Å². The van der Waals surface area contributed by atoms with Gasteiger partial charge in [0.25, 0.3) is 0 Å². The van der Waals surface area contributed by atoms with E-state index in [4.69, 9.17) is 15.2 Å². The minimum absolute atomic E-state index is 0.0108. The topological polar surface area (TPSA) is 176 Å². The van der Waals surface area contributed by atoms with E-state index in [-0.39, 0.29) is 60.3 Å². The zero-order valence-corrected chi connectivity index (χ0v) is 38.5. The minimum Gasteiger partial charge on any atom is -0.379 e. The Hall–Kier alpha value is -4.37. The molecule has 0 spiro atoms. The van der Waals surface area contributed by atoms with Gasteiger partial charge < -0.3 is 41.0 Å². The fourth-order valence-electron chi connectivity index (χ4n) is 10.2. The second kappa shape index (κ2) is 22.3. The minimum atomic E-state index is -0.886. The number of likely N-dealkylation sites (tertiary alicyclic amines) is 2. The molecule has 0 unspecified atom stereocenters. The summed E-state index contributed by atoms with van der Waals surface area (Å²) in [7, 11) is 6.88. The summed E-state index contributed by atoms with van der Waals surface area (Å²) >= 11 is 0. The number of hydrogen-bond donors (Lipinski definition) is 4. The molecule has 3 aliphatic rings. The first-order valence-electron chi connectivity index (χ1n) is 22.7. The molecule has 3 fully saturated rings. The number of carbonyl (C=O) groups is 5. The van der Waals surface area contributed by atoms with E-state index in [1.807, 2.05) is 63.4 Å². The van der Waals surface area contributed by atoms with Gasteiger partial charge in [0, 0.05) is 52.5 Å². The predicted molar refractivity (Wildman–Crippen MR) is 241 cm³/mol. The molecule has 2 heterocycles. The number of carbonyl (C=O) groups excluding carboxylic acids is 5. The van der Waals surface area contributed by atoms with Gasteiger partial charge in [-0.1, -0.05) is 83.5 Å². The van der Waals surface area contributed by atoms with Crippen molar-refractivity contribution in [2.45, 2.75) is 141 Å². The third-order valence-electron chi connectivity index (χ3n) is 14.0. The molecule has 0 radical (unpaired) electrons. The molecule has 11 atom stereocenters. The van der Waals surface area contributed by atoms with Crippen LogP contribution >= 0.6 is 0 Å². The maximum absolute atomic E-state index is 14.4. The van der Waals surface area contributed by atoms with Crippen molar-refractivity contribution in [1.82, 2.24) is 25.3 Å². The van der Waals surface area contributed by atoms with Crippen molar-refractivity contribution in [3.63, 3.8) is 0 Å². The molecule has 5 N–H and O–H groups in total. The van der Waals surface area contributed by atoms with Crippen molar-refractivity contribution in [3.8, 4) is 0 Å². The Bertz CT molecular complexity index is 1810. The van der Waals surface area contributed by atoms with Gasteiger partial charge in [-0.2, -0.15) is 0 Å². The Morgan fingerprint density at radius 1 is 0.887 bits per heavy atom. The largest absolute Gasteiger partial charge is 0.379 e. The first-order chi connectivity index (χ1) is 29.6. The van der Waals surface area contributed by atoms with E-state index in [1.165, 1.54) is 0 Å². The average molecular weight is 860 g/mol. The molecule has 2 aromatic carbocycles. The van der Waals surface area contributed by atoms with Gasteiger partial charge in [-0.15, -0.1) is 0 Å². The van der Waals surface area contributed by atoms with Crippen LogP contribution < -0.4 is 21.7 Å². The van der Waals surface area contributed by atoms with Crippen molar-refractivity contribution < 1.29 is 33.4 Å². The van der Waals surface area contributed by atoms with E-state index in [1.54, 1.807) is 50.1 Å². The number of nitrogens with zero attached hydrogens (tertiary/aromatic N) is 3. The molecule has 5 rings (SSSR count). The van der Waals surface area contributed by atoms with E-state index in [0.717, 1.165) is 43.2 Å². The number of fused-ring (bicyclic) bond motifs is 2. The average Bonchev–Trinajstić information content (AvgIpc) is 4.03. The molecule has 1 aliphatic carbocycles. The van der Waals surface area contributed by atoms with Gasteiger partial charge in [-0.05, 0) is 80.2 Å². The van der Waals surface area contributed by atoms with Crippen molar-refractivity contribution in [2.24, 2.45) is 29.4 Å². The number of nitrogens with one attached hydrogen (secondary N) is 3. The summed E-state index contributed by atoms with van der Waals surface area (Å²) in [6.45, 7) is 10.6. The SMILES string of the molecule is CC[C@H](C)[C@@H]([C@H](CC(=O)N1CCC[C@H]1[C@H](OC)[C@@H](C)C(=O)N[C@@H](Cc1ccccc1)C(=O)Nc1ccc(CN)cc1)OC)N(C)C(=O)[C@@H](NC(=O)[C@@H]1[C@H]2CC[C@H](C2)N1C)C(C)C. The highest BCUT2D eigenvalue weighted by Crippen LogP contribution is 2.41. The number of rotatable bonds is 21. The van der Waals surface area contributed by atoms with Crippen LogP contribution in [0.4, 0.5) is 5.69 Å². The Kier molecular flexibility index (Phi) is 17.5. The molecule has 0 aromatic heterocycles.